The van der Waals surface area contributed by atoms with Crippen LogP contribution in [0.5, 0.6) is 0 Å². The minimum Gasteiger partial charge on any atom is -0.481 e. The highest BCUT2D eigenvalue weighted by atomic mass is 32.1. The summed E-state index contributed by atoms with van der Waals surface area (Å²) in [7, 11) is 0. The summed E-state index contributed by atoms with van der Waals surface area (Å²) in [6.07, 6.45) is -1.85. The molecular weight excluding hydrogens is 420 g/mol. The minimum atomic E-state index is -1.49. The topological polar surface area (TPSA) is 208 Å². The Hall–Kier alpha value is -2.38. The zero-order chi connectivity index (χ0) is 23.6. The molecule has 3 amide bonds. The van der Waals surface area contributed by atoms with Crippen molar-refractivity contribution in [1.29, 1.82) is 0 Å². The Balaban J connectivity index is 5.13. The van der Waals surface area contributed by atoms with Crippen molar-refractivity contribution in [3.05, 3.63) is 0 Å². The molecule has 0 rings (SSSR count). The van der Waals surface area contributed by atoms with Gasteiger partial charge in [0, 0.05) is 12.2 Å². The monoisotopic (exact) mass is 450 g/mol. The van der Waals surface area contributed by atoms with Crippen molar-refractivity contribution >= 4 is 42.3 Å². The van der Waals surface area contributed by atoms with Crippen LogP contribution < -0.4 is 21.7 Å². The van der Waals surface area contributed by atoms with Crippen LogP contribution in [0, 0.1) is 5.92 Å². The number of hydrogen-bond acceptors (Lipinski definition) is 8. The largest absolute Gasteiger partial charge is 0.481 e. The fourth-order valence-corrected chi connectivity index (χ4v) is 2.56. The second-order valence-electron chi connectivity index (χ2n) is 7.08. The standard InChI is InChI=1S/C17H30N4O8S/c1-7(2)12(17(28)29)20-16(27)13(8(3)22)21-15(26)10(6-30)19-14(25)9(18)4-5-11(23)24/h7-10,12-13,22,30H,4-6,18H2,1-3H3,(H,19,25)(H,20,27)(H,21,26)(H,23,24)(H,28,29). The number of hydrogen-bond donors (Lipinski definition) is 8. The van der Waals surface area contributed by atoms with Crippen molar-refractivity contribution in [1.82, 2.24) is 16.0 Å². The zero-order valence-corrected chi connectivity index (χ0v) is 17.9. The average Bonchev–Trinajstić information content (AvgIpc) is 2.64. The van der Waals surface area contributed by atoms with Crippen molar-refractivity contribution in [2.24, 2.45) is 11.7 Å². The molecule has 172 valence electrons. The van der Waals surface area contributed by atoms with Gasteiger partial charge in [0.25, 0.3) is 0 Å². The van der Waals surface area contributed by atoms with Crippen LogP contribution in [0.15, 0.2) is 0 Å². The molecule has 0 heterocycles. The number of aliphatic hydroxyl groups is 1. The van der Waals surface area contributed by atoms with Gasteiger partial charge < -0.3 is 37.0 Å². The number of carboxylic acid groups (broad SMARTS) is 2. The van der Waals surface area contributed by atoms with Crippen LogP contribution in [0.1, 0.15) is 33.6 Å². The molecule has 0 aromatic carbocycles. The lowest BCUT2D eigenvalue weighted by Crippen LogP contribution is -2.60. The highest BCUT2D eigenvalue weighted by molar-refractivity contribution is 7.80. The quantitative estimate of drug-likeness (QED) is 0.141. The molecule has 30 heavy (non-hydrogen) atoms. The van der Waals surface area contributed by atoms with E-state index < -0.39 is 65.8 Å². The average molecular weight is 451 g/mol. The maximum absolute atomic E-state index is 12.5. The third-order valence-electron chi connectivity index (χ3n) is 4.11. The molecule has 0 bridgehead atoms. The maximum Gasteiger partial charge on any atom is 0.326 e. The number of thiol groups is 1. The van der Waals surface area contributed by atoms with Crippen LogP contribution in [-0.4, -0.2) is 81.0 Å². The van der Waals surface area contributed by atoms with E-state index in [-0.39, 0.29) is 18.6 Å². The number of aliphatic hydroxyl groups excluding tert-OH is 1. The third-order valence-corrected chi connectivity index (χ3v) is 4.48. The SMILES string of the molecule is CC(C)C(NC(=O)C(NC(=O)C(CS)NC(=O)C(N)CCC(=O)O)C(C)O)C(=O)O. The Morgan fingerprint density at radius 3 is 1.83 bits per heavy atom. The summed E-state index contributed by atoms with van der Waals surface area (Å²) in [5.74, 6) is -5.59. The van der Waals surface area contributed by atoms with Gasteiger partial charge >= 0.3 is 11.9 Å². The number of carboxylic acids is 2. The Morgan fingerprint density at radius 1 is 0.900 bits per heavy atom. The van der Waals surface area contributed by atoms with Crippen molar-refractivity contribution in [2.75, 3.05) is 5.75 Å². The van der Waals surface area contributed by atoms with Crippen LogP contribution in [0.2, 0.25) is 0 Å². The molecule has 8 N–H and O–H groups in total. The molecule has 0 aliphatic carbocycles. The van der Waals surface area contributed by atoms with E-state index in [9.17, 15) is 34.2 Å². The predicted octanol–water partition coefficient (Wildman–Crippen LogP) is -2.32. The molecule has 0 aromatic rings. The summed E-state index contributed by atoms with van der Waals surface area (Å²) in [5, 5.41) is 34.5. The molecule has 0 saturated carbocycles. The van der Waals surface area contributed by atoms with Gasteiger partial charge in [0.05, 0.1) is 12.1 Å². The first-order chi connectivity index (χ1) is 13.8. The lowest BCUT2D eigenvalue weighted by atomic mass is 10.0. The van der Waals surface area contributed by atoms with Crippen molar-refractivity contribution < 1.29 is 39.3 Å². The summed E-state index contributed by atoms with van der Waals surface area (Å²) in [6, 6.07) is -5.12. The zero-order valence-electron chi connectivity index (χ0n) is 17.0. The molecule has 0 saturated heterocycles. The number of nitrogens with two attached hydrogens (primary N) is 1. The van der Waals surface area contributed by atoms with Gasteiger partial charge in [-0.15, -0.1) is 0 Å². The Bertz CT molecular complexity index is 643. The van der Waals surface area contributed by atoms with Gasteiger partial charge in [0.1, 0.15) is 18.1 Å². The Labute approximate surface area is 179 Å². The van der Waals surface area contributed by atoms with Crippen LogP contribution >= 0.6 is 12.6 Å². The number of nitrogens with one attached hydrogen (secondary N) is 3. The van der Waals surface area contributed by atoms with E-state index in [1.165, 1.54) is 6.92 Å². The van der Waals surface area contributed by atoms with E-state index in [0.29, 0.717) is 0 Å². The number of amides is 3. The normalized spacial score (nSPS) is 16.0. The number of carbonyl (C=O) groups excluding carboxylic acids is 3. The van der Waals surface area contributed by atoms with Crippen molar-refractivity contribution in [3.8, 4) is 0 Å². The fourth-order valence-electron chi connectivity index (χ4n) is 2.30. The molecule has 12 nitrogen and oxygen atoms in total. The third kappa shape index (κ3) is 9.41. The summed E-state index contributed by atoms with van der Waals surface area (Å²) in [4.78, 5) is 58.7. The van der Waals surface area contributed by atoms with Gasteiger partial charge in [-0.2, -0.15) is 12.6 Å². The van der Waals surface area contributed by atoms with Crippen molar-refractivity contribution in [2.45, 2.75) is 63.9 Å². The molecular formula is C17H30N4O8S. The van der Waals surface area contributed by atoms with E-state index in [2.05, 4.69) is 28.6 Å². The number of aliphatic carboxylic acids is 2. The lowest BCUT2D eigenvalue weighted by molar-refractivity contribution is -0.144. The molecule has 0 aliphatic rings. The predicted molar refractivity (Wildman–Crippen MR) is 109 cm³/mol. The smallest absolute Gasteiger partial charge is 0.326 e. The van der Waals surface area contributed by atoms with E-state index in [4.69, 9.17) is 10.8 Å². The molecule has 0 radical (unpaired) electrons. The first-order valence-corrected chi connectivity index (χ1v) is 9.85. The number of rotatable bonds is 13. The van der Waals surface area contributed by atoms with Crippen LogP contribution in [0.4, 0.5) is 0 Å². The molecule has 0 fully saturated rings. The molecule has 0 aliphatic heterocycles. The first kappa shape index (κ1) is 27.6. The summed E-state index contributed by atoms with van der Waals surface area (Å²) >= 11 is 3.97. The van der Waals surface area contributed by atoms with Crippen LogP contribution in [-0.2, 0) is 24.0 Å². The minimum absolute atomic E-state index is 0.146. The Morgan fingerprint density at radius 2 is 1.43 bits per heavy atom. The van der Waals surface area contributed by atoms with Crippen LogP contribution in [0.25, 0.3) is 0 Å². The second-order valence-corrected chi connectivity index (χ2v) is 7.44. The van der Waals surface area contributed by atoms with E-state index in [1.807, 2.05) is 0 Å². The lowest BCUT2D eigenvalue weighted by Gasteiger charge is -2.26. The summed E-state index contributed by atoms with van der Waals surface area (Å²) < 4.78 is 0. The molecule has 5 atom stereocenters. The first-order valence-electron chi connectivity index (χ1n) is 9.22. The van der Waals surface area contributed by atoms with E-state index in [1.54, 1.807) is 13.8 Å². The molecule has 5 unspecified atom stereocenters. The van der Waals surface area contributed by atoms with Gasteiger partial charge in [0.15, 0.2) is 0 Å². The van der Waals surface area contributed by atoms with Gasteiger partial charge in [-0.25, -0.2) is 4.79 Å². The van der Waals surface area contributed by atoms with Gasteiger partial charge in [-0.3, -0.25) is 19.2 Å². The highest BCUT2D eigenvalue weighted by Crippen LogP contribution is 2.04. The van der Waals surface area contributed by atoms with E-state index >= 15 is 0 Å². The fraction of sp³-hybridized carbons (Fsp3) is 0.706. The maximum atomic E-state index is 12.5. The second kappa shape index (κ2) is 13.0. The summed E-state index contributed by atoms with van der Waals surface area (Å²) in [5.41, 5.74) is 5.59. The van der Waals surface area contributed by atoms with E-state index in [0.717, 1.165) is 0 Å². The van der Waals surface area contributed by atoms with Gasteiger partial charge in [-0.1, -0.05) is 13.8 Å². The molecule has 0 spiro atoms. The number of carbonyl (C=O) groups is 5. The molecule has 13 heteroatoms. The summed E-state index contributed by atoms with van der Waals surface area (Å²) in [6.45, 7) is 4.38. The van der Waals surface area contributed by atoms with Crippen LogP contribution in [0.3, 0.4) is 0 Å². The van der Waals surface area contributed by atoms with Gasteiger partial charge in [0.2, 0.25) is 17.7 Å². The van der Waals surface area contributed by atoms with Gasteiger partial charge in [-0.05, 0) is 19.3 Å². The Kier molecular flexibility index (Phi) is 12.0. The van der Waals surface area contributed by atoms with Crippen molar-refractivity contribution in [3.63, 3.8) is 0 Å². The molecule has 0 aromatic heterocycles. The highest BCUT2D eigenvalue weighted by Gasteiger charge is 2.33.